The number of likely N-dealkylation sites (tertiary alicyclic amines) is 1. The third-order valence-corrected chi connectivity index (χ3v) is 5.29. The summed E-state index contributed by atoms with van der Waals surface area (Å²) in [5, 5.41) is 10.3. The largest absolute Gasteiger partial charge is 0.491 e. The van der Waals surface area contributed by atoms with Crippen LogP contribution in [-0.2, 0) is 21.4 Å². The van der Waals surface area contributed by atoms with Crippen molar-refractivity contribution < 1.29 is 23.8 Å². The molecule has 160 valence electrons. The lowest BCUT2D eigenvalue weighted by Crippen LogP contribution is -2.39. The summed E-state index contributed by atoms with van der Waals surface area (Å²) in [4.78, 5) is 26.0. The van der Waals surface area contributed by atoms with Gasteiger partial charge in [-0.1, -0.05) is 45.0 Å². The number of rotatable bonds is 7. The minimum Gasteiger partial charge on any atom is -0.491 e. The van der Waals surface area contributed by atoms with Gasteiger partial charge in [0.05, 0.1) is 12.5 Å². The average Bonchev–Trinajstić information content (AvgIpc) is 2.95. The van der Waals surface area contributed by atoms with Crippen LogP contribution in [0.15, 0.2) is 48.5 Å². The molecule has 0 aromatic heterocycles. The van der Waals surface area contributed by atoms with Crippen LogP contribution in [0.5, 0.6) is 5.75 Å². The van der Waals surface area contributed by atoms with Crippen molar-refractivity contribution in [2.24, 2.45) is 5.92 Å². The highest BCUT2D eigenvalue weighted by molar-refractivity contribution is 6.03. The Hall–Kier alpha value is -2.73. The highest BCUT2D eigenvalue weighted by Crippen LogP contribution is 2.25. The van der Waals surface area contributed by atoms with Crippen LogP contribution in [0.25, 0.3) is 0 Å². The van der Waals surface area contributed by atoms with Gasteiger partial charge in [0.25, 0.3) is 0 Å². The van der Waals surface area contributed by atoms with E-state index in [4.69, 9.17) is 4.74 Å². The number of aliphatic hydroxyl groups excluding tert-OH is 1. The molecule has 1 fully saturated rings. The molecule has 1 heterocycles. The number of halogens is 1. The van der Waals surface area contributed by atoms with Crippen molar-refractivity contribution >= 4 is 11.8 Å². The summed E-state index contributed by atoms with van der Waals surface area (Å²) in [6, 6.07) is 13.6. The summed E-state index contributed by atoms with van der Waals surface area (Å²) < 4.78 is 18.7. The topological polar surface area (TPSA) is 66.8 Å². The molecule has 1 aliphatic rings. The van der Waals surface area contributed by atoms with Crippen molar-refractivity contribution in [3.63, 3.8) is 0 Å². The lowest BCUT2D eigenvalue weighted by atomic mass is 9.87. The summed E-state index contributed by atoms with van der Waals surface area (Å²) >= 11 is 0. The predicted octanol–water partition coefficient (Wildman–Crippen LogP) is 3.48. The molecule has 1 N–H and O–H groups in total. The second kappa shape index (κ2) is 8.96. The number of imide groups is 1. The van der Waals surface area contributed by atoms with Gasteiger partial charge in [0.2, 0.25) is 11.8 Å². The normalized spacial score (nSPS) is 18.0. The van der Waals surface area contributed by atoms with E-state index in [1.807, 2.05) is 24.3 Å². The van der Waals surface area contributed by atoms with Crippen molar-refractivity contribution in [2.45, 2.75) is 45.1 Å². The Morgan fingerprint density at radius 2 is 1.73 bits per heavy atom. The predicted molar refractivity (Wildman–Crippen MR) is 112 cm³/mol. The van der Waals surface area contributed by atoms with Gasteiger partial charge in [-0.05, 0) is 47.2 Å². The van der Waals surface area contributed by atoms with Gasteiger partial charge in [0.1, 0.15) is 24.3 Å². The van der Waals surface area contributed by atoms with Crippen molar-refractivity contribution in [1.82, 2.24) is 4.90 Å². The van der Waals surface area contributed by atoms with Crippen LogP contribution in [0.3, 0.4) is 0 Å². The van der Waals surface area contributed by atoms with Gasteiger partial charge >= 0.3 is 0 Å². The second-order valence-corrected chi connectivity index (χ2v) is 8.81. The molecule has 2 aromatic carbocycles. The maximum absolute atomic E-state index is 13.0. The van der Waals surface area contributed by atoms with Gasteiger partial charge in [0.15, 0.2) is 0 Å². The van der Waals surface area contributed by atoms with Crippen LogP contribution in [0.2, 0.25) is 0 Å². The Bertz CT molecular complexity index is 887. The van der Waals surface area contributed by atoms with Crippen LogP contribution in [0.1, 0.15) is 38.3 Å². The lowest BCUT2D eigenvalue weighted by molar-refractivity contribution is -0.141. The molecule has 0 radical (unpaired) electrons. The molecule has 2 amide bonds. The first-order valence-electron chi connectivity index (χ1n) is 10.1. The maximum atomic E-state index is 13.0. The average molecular weight is 413 g/mol. The van der Waals surface area contributed by atoms with Gasteiger partial charge in [0, 0.05) is 6.42 Å². The molecule has 5 nitrogen and oxygen atoms in total. The monoisotopic (exact) mass is 413 g/mol. The van der Waals surface area contributed by atoms with E-state index >= 15 is 0 Å². The third kappa shape index (κ3) is 5.45. The van der Waals surface area contributed by atoms with E-state index in [2.05, 4.69) is 20.8 Å². The van der Waals surface area contributed by atoms with Gasteiger partial charge < -0.3 is 9.84 Å². The summed E-state index contributed by atoms with van der Waals surface area (Å²) in [6.07, 6.45) is -0.517. The third-order valence-electron chi connectivity index (χ3n) is 5.29. The zero-order chi connectivity index (χ0) is 21.9. The zero-order valence-corrected chi connectivity index (χ0v) is 17.6. The molecule has 6 heteroatoms. The molecule has 2 unspecified atom stereocenters. The second-order valence-electron chi connectivity index (χ2n) is 8.81. The molecular formula is C24H28FNO4. The Kier molecular flexibility index (Phi) is 6.56. The van der Waals surface area contributed by atoms with Gasteiger partial charge in [-0.25, -0.2) is 4.39 Å². The quantitative estimate of drug-likeness (QED) is 0.706. The summed E-state index contributed by atoms with van der Waals surface area (Å²) in [6.45, 7) is 6.26. The Labute approximate surface area is 176 Å². The number of aliphatic hydroxyl groups is 1. The molecule has 1 aliphatic heterocycles. The smallest absolute Gasteiger partial charge is 0.233 e. The fourth-order valence-corrected chi connectivity index (χ4v) is 3.51. The van der Waals surface area contributed by atoms with Gasteiger partial charge in [-0.2, -0.15) is 0 Å². The highest BCUT2D eigenvalue weighted by Gasteiger charge is 2.39. The highest BCUT2D eigenvalue weighted by atomic mass is 19.1. The van der Waals surface area contributed by atoms with Crippen LogP contribution in [0, 0.1) is 11.7 Å². The number of nitrogens with zero attached hydrogens (tertiary/aromatic N) is 1. The van der Waals surface area contributed by atoms with Gasteiger partial charge in [-0.15, -0.1) is 0 Å². The van der Waals surface area contributed by atoms with E-state index in [1.165, 1.54) is 17.7 Å². The number of hydrogen-bond acceptors (Lipinski definition) is 4. The molecule has 0 aliphatic carbocycles. The first kappa shape index (κ1) is 22.0. The Balaban J connectivity index is 1.52. The number of carbonyl (C=O) groups excluding carboxylic acids is 2. The zero-order valence-electron chi connectivity index (χ0n) is 17.6. The fourth-order valence-electron chi connectivity index (χ4n) is 3.51. The van der Waals surface area contributed by atoms with Crippen molar-refractivity contribution in [2.75, 3.05) is 13.2 Å². The number of benzene rings is 2. The Morgan fingerprint density at radius 1 is 1.10 bits per heavy atom. The summed E-state index contributed by atoms with van der Waals surface area (Å²) in [5.41, 5.74) is 2.02. The van der Waals surface area contributed by atoms with E-state index in [0.29, 0.717) is 12.2 Å². The minimum atomic E-state index is -0.982. The number of amides is 2. The van der Waals surface area contributed by atoms with E-state index < -0.39 is 12.0 Å². The number of ether oxygens (including phenoxy) is 1. The molecule has 1 saturated heterocycles. The number of β-amino-alcohol motifs (C(OH)–C–C–N with tert-alkyl or cyclic N) is 1. The SMILES string of the molecule is CC(C)(C)c1ccc(OCC(O)CN2C(=O)CC(Cc3ccc(F)cc3)C2=O)cc1. The first-order chi connectivity index (χ1) is 14.1. The molecule has 0 saturated carbocycles. The van der Waals surface area contributed by atoms with Crippen molar-refractivity contribution in [3.05, 3.63) is 65.5 Å². The fraction of sp³-hybridized carbons (Fsp3) is 0.417. The Morgan fingerprint density at radius 3 is 2.33 bits per heavy atom. The number of carbonyl (C=O) groups is 2. The molecular weight excluding hydrogens is 385 g/mol. The standard InChI is InChI=1S/C24H28FNO4/c1-24(2,3)18-6-10-21(11-7-18)30-15-20(27)14-26-22(28)13-17(23(26)29)12-16-4-8-19(25)9-5-16/h4-11,17,20,27H,12-15H2,1-3H3. The first-order valence-corrected chi connectivity index (χ1v) is 10.1. The van der Waals surface area contributed by atoms with Gasteiger partial charge in [-0.3, -0.25) is 14.5 Å². The van der Waals surface area contributed by atoms with Crippen molar-refractivity contribution in [1.29, 1.82) is 0 Å². The maximum Gasteiger partial charge on any atom is 0.233 e. The number of hydrogen-bond donors (Lipinski definition) is 1. The van der Waals surface area contributed by atoms with E-state index in [9.17, 15) is 19.1 Å². The summed E-state index contributed by atoms with van der Waals surface area (Å²) in [5.74, 6) is -0.819. The van der Waals surface area contributed by atoms with Crippen LogP contribution >= 0.6 is 0 Å². The molecule has 2 atom stereocenters. The molecule has 0 spiro atoms. The molecule has 0 bridgehead atoms. The molecule has 2 aromatic rings. The lowest BCUT2D eigenvalue weighted by Gasteiger charge is -2.21. The van der Waals surface area contributed by atoms with Crippen LogP contribution in [-0.4, -0.2) is 41.1 Å². The van der Waals surface area contributed by atoms with Crippen LogP contribution in [0.4, 0.5) is 4.39 Å². The van der Waals surface area contributed by atoms with Crippen molar-refractivity contribution in [3.8, 4) is 5.75 Å². The van der Waals surface area contributed by atoms with Crippen LogP contribution < -0.4 is 4.74 Å². The minimum absolute atomic E-state index is 0.0193. The molecule has 3 rings (SSSR count). The van der Waals surface area contributed by atoms with E-state index in [-0.39, 0.29) is 42.6 Å². The van der Waals surface area contributed by atoms with E-state index in [0.717, 1.165) is 10.5 Å². The molecule has 30 heavy (non-hydrogen) atoms. The van der Waals surface area contributed by atoms with E-state index in [1.54, 1.807) is 12.1 Å². The summed E-state index contributed by atoms with van der Waals surface area (Å²) in [7, 11) is 0.